The summed E-state index contributed by atoms with van der Waals surface area (Å²) in [6.45, 7) is 2.83. The standard InChI is InChI=1S/C15H17BrFN3O/c1-3-18-13(14-8-15(21-2)20-9-19-14)6-10-4-5-11(17)7-12(10)16/h4-5,7-9,13,18H,3,6H2,1-2H3. The fourth-order valence-corrected chi connectivity index (χ4v) is 2.60. The number of hydrogen-bond acceptors (Lipinski definition) is 4. The first-order chi connectivity index (χ1) is 10.1. The highest BCUT2D eigenvalue weighted by Gasteiger charge is 2.15. The quantitative estimate of drug-likeness (QED) is 0.865. The van der Waals surface area contributed by atoms with Crippen LogP contribution in [0.15, 0.2) is 35.1 Å². The summed E-state index contributed by atoms with van der Waals surface area (Å²) in [6.07, 6.45) is 2.17. The minimum atomic E-state index is -0.255. The molecule has 0 amide bonds. The van der Waals surface area contributed by atoms with Crippen LogP contribution in [0, 0.1) is 5.82 Å². The molecule has 21 heavy (non-hydrogen) atoms. The molecule has 6 heteroatoms. The van der Waals surface area contributed by atoms with Crippen LogP contribution in [0.3, 0.4) is 0 Å². The van der Waals surface area contributed by atoms with Gasteiger partial charge in [-0.2, -0.15) is 0 Å². The molecule has 0 aliphatic carbocycles. The van der Waals surface area contributed by atoms with Gasteiger partial charge < -0.3 is 10.1 Å². The molecule has 1 aromatic carbocycles. The number of likely N-dealkylation sites (N-methyl/N-ethyl adjacent to an activating group) is 1. The molecule has 4 nitrogen and oxygen atoms in total. The summed E-state index contributed by atoms with van der Waals surface area (Å²) in [7, 11) is 1.57. The molecular formula is C15H17BrFN3O. The van der Waals surface area contributed by atoms with Crippen LogP contribution in [0.2, 0.25) is 0 Å². The van der Waals surface area contributed by atoms with E-state index in [1.165, 1.54) is 18.5 Å². The zero-order chi connectivity index (χ0) is 15.2. The zero-order valence-electron chi connectivity index (χ0n) is 11.9. The predicted molar refractivity (Wildman–Crippen MR) is 82.8 cm³/mol. The number of nitrogens with one attached hydrogen (secondary N) is 1. The van der Waals surface area contributed by atoms with Crippen LogP contribution in [0.5, 0.6) is 5.88 Å². The lowest BCUT2D eigenvalue weighted by Gasteiger charge is -2.18. The second-order valence-electron chi connectivity index (χ2n) is 4.54. The molecule has 0 aliphatic heterocycles. The third-order valence-corrected chi connectivity index (χ3v) is 3.86. The number of rotatable bonds is 6. The second kappa shape index (κ2) is 7.47. The van der Waals surface area contributed by atoms with Crippen molar-refractivity contribution in [2.45, 2.75) is 19.4 Å². The van der Waals surface area contributed by atoms with E-state index in [2.05, 4.69) is 31.2 Å². The van der Waals surface area contributed by atoms with Crippen molar-refractivity contribution in [1.82, 2.24) is 15.3 Å². The van der Waals surface area contributed by atoms with Crippen molar-refractivity contribution in [3.8, 4) is 5.88 Å². The van der Waals surface area contributed by atoms with E-state index < -0.39 is 0 Å². The smallest absolute Gasteiger partial charge is 0.216 e. The van der Waals surface area contributed by atoms with E-state index >= 15 is 0 Å². The van der Waals surface area contributed by atoms with Gasteiger partial charge in [-0.25, -0.2) is 14.4 Å². The molecule has 0 radical (unpaired) electrons. The van der Waals surface area contributed by atoms with Gasteiger partial charge in [0.1, 0.15) is 12.1 Å². The van der Waals surface area contributed by atoms with Gasteiger partial charge in [-0.05, 0) is 30.7 Å². The zero-order valence-corrected chi connectivity index (χ0v) is 13.5. The average Bonchev–Trinajstić information content (AvgIpc) is 2.49. The Kier molecular flexibility index (Phi) is 5.64. The highest BCUT2D eigenvalue weighted by Crippen LogP contribution is 2.24. The molecule has 1 atom stereocenters. The van der Waals surface area contributed by atoms with Gasteiger partial charge in [-0.1, -0.05) is 28.9 Å². The molecule has 2 rings (SSSR count). The number of ether oxygens (including phenoxy) is 1. The topological polar surface area (TPSA) is 47.0 Å². The first-order valence-electron chi connectivity index (χ1n) is 6.67. The van der Waals surface area contributed by atoms with Crippen LogP contribution in [-0.4, -0.2) is 23.6 Å². The Labute approximate surface area is 131 Å². The van der Waals surface area contributed by atoms with Gasteiger partial charge in [0.25, 0.3) is 0 Å². The Morgan fingerprint density at radius 1 is 1.33 bits per heavy atom. The third-order valence-electron chi connectivity index (χ3n) is 3.12. The van der Waals surface area contributed by atoms with Crippen LogP contribution in [0.25, 0.3) is 0 Å². The summed E-state index contributed by atoms with van der Waals surface area (Å²) in [6, 6.07) is 6.53. The maximum atomic E-state index is 13.2. The normalized spacial score (nSPS) is 12.2. The molecule has 112 valence electrons. The number of nitrogens with zero attached hydrogens (tertiary/aromatic N) is 2. The van der Waals surface area contributed by atoms with Gasteiger partial charge in [0.2, 0.25) is 5.88 Å². The van der Waals surface area contributed by atoms with Crippen LogP contribution < -0.4 is 10.1 Å². The second-order valence-corrected chi connectivity index (χ2v) is 5.39. The van der Waals surface area contributed by atoms with E-state index in [0.29, 0.717) is 12.3 Å². The van der Waals surface area contributed by atoms with Crippen molar-refractivity contribution in [2.24, 2.45) is 0 Å². The highest BCUT2D eigenvalue weighted by atomic mass is 79.9. The predicted octanol–water partition coefficient (Wildman–Crippen LogP) is 3.28. The summed E-state index contributed by atoms with van der Waals surface area (Å²) >= 11 is 3.40. The van der Waals surface area contributed by atoms with Gasteiger partial charge in [0, 0.05) is 10.5 Å². The Morgan fingerprint density at radius 2 is 2.14 bits per heavy atom. The van der Waals surface area contributed by atoms with E-state index in [-0.39, 0.29) is 11.9 Å². The van der Waals surface area contributed by atoms with Gasteiger partial charge in [-0.15, -0.1) is 0 Å². The first-order valence-corrected chi connectivity index (χ1v) is 7.46. The molecular weight excluding hydrogens is 337 g/mol. The summed E-state index contributed by atoms with van der Waals surface area (Å²) in [5, 5.41) is 3.38. The van der Waals surface area contributed by atoms with Gasteiger partial charge in [-0.3, -0.25) is 0 Å². The Morgan fingerprint density at radius 3 is 2.81 bits per heavy atom. The SMILES string of the molecule is CCNC(Cc1ccc(F)cc1Br)c1cc(OC)ncn1. The van der Waals surface area contributed by atoms with Crippen molar-refractivity contribution in [1.29, 1.82) is 0 Å². The van der Waals surface area contributed by atoms with E-state index in [1.807, 2.05) is 13.0 Å². The van der Waals surface area contributed by atoms with Crippen molar-refractivity contribution < 1.29 is 9.13 Å². The molecule has 1 aromatic heterocycles. The molecule has 0 fully saturated rings. The molecule has 1 N–H and O–H groups in total. The lowest BCUT2D eigenvalue weighted by Crippen LogP contribution is -2.24. The van der Waals surface area contributed by atoms with E-state index in [0.717, 1.165) is 22.3 Å². The number of hydrogen-bond donors (Lipinski definition) is 1. The average molecular weight is 354 g/mol. The molecule has 0 spiro atoms. The third kappa shape index (κ3) is 4.22. The monoisotopic (exact) mass is 353 g/mol. The Hall–Kier alpha value is -1.53. The summed E-state index contributed by atoms with van der Waals surface area (Å²) < 4.78 is 19.1. The van der Waals surface area contributed by atoms with Crippen molar-refractivity contribution in [3.63, 3.8) is 0 Å². The van der Waals surface area contributed by atoms with E-state index in [4.69, 9.17) is 4.74 Å². The summed E-state index contributed by atoms with van der Waals surface area (Å²) in [5.41, 5.74) is 1.86. The minimum absolute atomic E-state index is 0.00802. The fraction of sp³-hybridized carbons (Fsp3) is 0.333. The number of halogens is 2. The van der Waals surface area contributed by atoms with E-state index in [1.54, 1.807) is 13.2 Å². The van der Waals surface area contributed by atoms with Gasteiger partial charge in [0.05, 0.1) is 18.8 Å². The van der Waals surface area contributed by atoms with Crippen LogP contribution in [0.1, 0.15) is 24.2 Å². The number of benzene rings is 1. The Bertz CT molecular complexity index is 609. The van der Waals surface area contributed by atoms with Gasteiger partial charge in [0.15, 0.2) is 0 Å². The maximum absolute atomic E-state index is 13.2. The van der Waals surface area contributed by atoms with Crippen molar-refractivity contribution in [3.05, 3.63) is 52.1 Å². The van der Waals surface area contributed by atoms with Crippen molar-refractivity contribution >= 4 is 15.9 Å². The van der Waals surface area contributed by atoms with Crippen molar-refractivity contribution in [2.75, 3.05) is 13.7 Å². The largest absolute Gasteiger partial charge is 0.481 e. The van der Waals surface area contributed by atoms with Crippen LogP contribution in [0.4, 0.5) is 4.39 Å². The molecule has 0 saturated heterocycles. The molecule has 0 bridgehead atoms. The lowest BCUT2D eigenvalue weighted by atomic mass is 10.0. The lowest BCUT2D eigenvalue weighted by molar-refractivity contribution is 0.393. The first kappa shape index (κ1) is 15.9. The fourth-order valence-electron chi connectivity index (χ4n) is 2.09. The highest BCUT2D eigenvalue weighted by molar-refractivity contribution is 9.10. The van der Waals surface area contributed by atoms with Crippen LogP contribution in [-0.2, 0) is 6.42 Å². The summed E-state index contributed by atoms with van der Waals surface area (Å²) in [5.74, 6) is 0.274. The molecule has 1 heterocycles. The molecule has 1 unspecified atom stereocenters. The molecule has 0 aliphatic rings. The minimum Gasteiger partial charge on any atom is -0.481 e. The maximum Gasteiger partial charge on any atom is 0.216 e. The van der Waals surface area contributed by atoms with Crippen LogP contribution >= 0.6 is 15.9 Å². The van der Waals surface area contributed by atoms with E-state index in [9.17, 15) is 4.39 Å². The molecule has 0 saturated carbocycles. The Balaban J connectivity index is 2.25. The number of aromatic nitrogens is 2. The van der Waals surface area contributed by atoms with Gasteiger partial charge >= 0.3 is 0 Å². The number of methoxy groups -OCH3 is 1. The molecule has 2 aromatic rings. The summed E-state index contributed by atoms with van der Waals surface area (Å²) in [4.78, 5) is 8.32.